The van der Waals surface area contributed by atoms with Gasteiger partial charge in [-0.25, -0.2) is 4.39 Å². The molecule has 1 saturated heterocycles. The van der Waals surface area contributed by atoms with E-state index in [1.54, 1.807) is 6.92 Å². The zero-order valence-electron chi connectivity index (χ0n) is 10.2. The highest BCUT2D eigenvalue weighted by atomic mass is 19.1. The lowest BCUT2D eigenvalue weighted by Gasteiger charge is -2.52. The fourth-order valence-electron chi connectivity index (χ4n) is 2.49. The molecule has 0 radical (unpaired) electrons. The number of halogens is 1. The van der Waals surface area contributed by atoms with Crippen LogP contribution in [0.3, 0.4) is 0 Å². The van der Waals surface area contributed by atoms with E-state index in [-0.39, 0.29) is 5.60 Å². The summed E-state index contributed by atoms with van der Waals surface area (Å²) in [5.74, 6) is 0. The number of hydrogen-bond donors (Lipinski definition) is 0. The van der Waals surface area contributed by atoms with Gasteiger partial charge in [-0.15, -0.1) is 0 Å². The Morgan fingerprint density at radius 2 is 1.80 bits per heavy atom. The van der Waals surface area contributed by atoms with Gasteiger partial charge in [0.1, 0.15) is 5.67 Å². The summed E-state index contributed by atoms with van der Waals surface area (Å²) in [6.07, 6.45) is 2.54. The summed E-state index contributed by atoms with van der Waals surface area (Å²) in [7, 11) is 0. The van der Waals surface area contributed by atoms with Gasteiger partial charge in [-0.3, -0.25) is 4.90 Å². The monoisotopic (exact) mass is 215 g/mol. The first-order valence-corrected chi connectivity index (χ1v) is 5.86. The summed E-state index contributed by atoms with van der Waals surface area (Å²) < 4.78 is 19.1. The summed E-state index contributed by atoms with van der Waals surface area (Å²) in [5, 5.41) is 0. The van der Waals surface area contributed by atoms with Crippen molar-refractivity contribution in [2.24, 2.45) is 0 Å². The zero-order chi connectivity index (χ0) is 11.3. The molecule has 1 heterocycles. The van der Waals surface area contributed by atoms with Crippen LogP contribution in [0, 0.1) is 0 Å². The molecule has 15 heavy (non-hydrogen) atoms. The van der Waals surface area contributed by atoms with E-state index in [9.17, 15) is 4.39 Å². The molecule has 0 bridgehead atoms. The molecule has 0 unspecified atom stereocenters. The standard InChI is InChI=1S/C12H22FNO/c1-11(2,3)15-10-5-9(6-10)14-7-12(4,13)8-14/h9-10H,5-8H2,1-4H3. The molecule has 2 fully saturated rings. The van der Waals surface area contributed by atoms with Crippen LogP contribution < -0.4 is 0 Å². The summed E-state index contributed by atoms with van der Waals surface area (Å²) in [5.41, 5.74) is -0.977. The van der Waals surface area contributed by atoms with E-state index in [1.807, 2.05) is 0 Å². The SMILES string of the molecule is CC1(F)CN(C2CC(OC(C)(C)C)C2)C1. The van der Waals surface area contributed by atoms with Gasteiger partial charge in [0.05, 0.1) is 11.7 Å². The van der Waals surface area contributed by atoms with Gasteiger partial charge >= 0.3 is 0 Å². The van der Waals surface area contributed by atoms with Crippen LogP contribution in [0.1, 0.15) is 40.5 Å². The van der Waals surface area contributed by atoms with Crippen molar-refractivity contribution in [1.82, 2.24) is 4.90 Å². The second-order valence-corrected chi connectivity index (χ2v) is 6.30. The van der Waals surface area contributed by atoms with Crippen molar-refractivity contribution >= 4 is 0 Å². The number of nitrogens with zero attached hydrogens (tertiary/aromatic N) is 1. The van der Waals surface area contributed by atoms with Gasteiger partial charge in [0, 0.05) is 19.1 Å². The van der Waals surface area contributed by atoms with E-state index in [1.165, 1.54) is 0 Å². The van der Waals surface area contributed by atoms with Gasteiger partial charge < -0.3 is 4.74 Å². The Kier molecular flexibility index (Phi) is 2.59. The largest absolute Gasteiger partial charge is 0.373 e. The maximum absolute atomic E-state index is 13.3. The third-order valence-corrected chi connectivity index (χ3v) is 3.17. The third-order valence-electron chi connectivity index (χ3n) is 3.17. The molecule has 0 spiro atoms. The highest BCUT2D eigenvalue weighted by Gasteiger charge is 2.46. The van der Waals surface area contributed by atoms with Crippen molar-refractivity contribution in [3.63, 3.8) is 0 Å². The molecule has 1 aliphatic heterocycles. The van der Waals surface area contributed by atoms with E-state index in [0.717, 1.165) is 12.8 Å². The van der Waals surface area contributed by atoms with Crippen molar-refractivity contribution in [3.8, 4) is 0 Å². The van der Waals surface area contributed by atoms with Crippen LogP contribution in [-0.2, 0) is 4.74 Å². The maximum Gasteiger partial charge on any atom is 0.133 e. The van der Waals surface area contributed by atoms with Gasteiger partial charge in [-0.2, -0.15) is 0 Å². The van der Waals surface area contributed by atoms with Crippen LogP contribution in [0.5, 0.6) is 0 Å². The molecule has 0 aromatic carbocycles. The van der Waals surface area contributed by atoms with Gasteiger partial charge in [0.15, 0.2) is 0 Å². The fraction of sp³-hybridized carbons (Fsp3) is 1.00. The van der Waals surface area contributed by atoms with Gasteiger partial charge in [-0.1, -0.05) is 0 Å². The molecule has 0 N–H and O–H groups in total. The maximum atomic E-state index is 13.3. The van der Waals surface area contributed by atoms with E-state index in [2.05, 4.69) is 25.7 Å². The second-order valence-electron chi connectivity index (χ2n) is 6.30. The number of ether oxygens (including phenoxy) is 1. The molecule has 2 aliphatic rings. The lowest BCUT2D eigenvalue weighted by Crippen LogP contribution is -2.64. The molecule has 0 amide bonds. The minimum Gasteiger partial charge on any atom is -0.373 e. The molecule has 1 aliphatic carbocycles. The molecule has 0 aromatic heterocycles. The van der Waals surface area contributed by atoms with Crippen LogP contribution in [0.4, 0.5) is 4.39 Å². The van der Waals surface area contributed by atoms with Crippen LogP contribution in [0.2, 0.25) is 0 Å². The quantitative estimate of drug-likeness (QED) is 0.701. The average Bonchev–Trinajstić information content (AvgIpc) is 1.88. The summed E-state index contributed by atoms with van der Waals surface area (Å²) in [6, 6.07) is 0.571. The van der Waals surface area contributed by atoms with E-state index >= 15 is 0 Å². The Labute approximate surface area is 91.8 Å². The molecular weight excluding hydrogens is 193 g/mol. The zero-order valence-corrected chi connectivity index (χ0v) is 10.2. The molecule has 3 heteroatoms. The predicted octanol–water partition coefficient (Wildman–Crippen LogP) is 2.38. The van der Waals surface area contributed by atoms with Crippen LogP contribution in [-0.4, -0.2) is 41.4 Å². The first kappa shape index (κ1) is 11.3. The molecule has 2 rings (SSSR count). The van der Waals surface area contributed by atoms with E-state index < -0.39 is 5.67 Å². The summed E-state index contributed by atoms with van der Waals surface area (Å²) in [6.45, 7) is 9.17. The Morgan fingerprint density at radius 3 is 2.20 bits per heavy atom. The van der Waals surface area contributed by atoms with Crippen molar-refractivity contribution in [3.05, 3.63) is 0 Å². The van der Waals surface area contributed by atoms with Crippen LogP contribution >= 0.6 is 0 Å². The summed E-state index contributed by atoms with van der Waals surface area (Å²) in [4.78, 5) is 2.24. The highest BCUT2D eigenvalue weighted by molar-refractivity contribution is 5.00. The first-order valence-electron chi connectivity index (χ1n) is 5.86. The van der Waals surface area contributed by atoms with Crippen molar-refractivity contribution in [2.45, 2.75) is 64.0 Å². The molecule has 2 nitrogen and oxygen atoms in total. The van der Waals surface area contributed by atoms with Crippen LogP contribution in [0.25, 0.3) is 0 Å². The van der Waals surface area contributed by atoms with Crippen LogP contribution in [0.15, 0.2) is 0 Å². The highest BCUT2D eigenvalue weighted by Crippen LogP contribution is 2.37. The van der Waals surface area contributed by atoms with E-state index in [0.29, 0.717) is 25.2 Å². The van der Waals surface area contributed by atoms with Crippen molar-refractivity contribution < 1.29 is 9.13 Å². The third kappa shape index (κ3) is 2.70. The van der Waals surface area contributed by atoms with Crippen molar-refractivity contribution in [1.29, 1.82) is 0 Å². The molecule has 1 saturated carbocycles. The molecule has 0 atom stereocenters. The Balaban J connectivity index is 1.67. The summed E-state index contributed by atoms with van der Waals surface area (Å²) >= 11 is 0. The first-order chi connectivity index (χ1) is 6.75. The number of rotatable bonds is 2. The Hall–Kier alpha value is -0.150. The fourth-order valence-corrected chi connectivity index (χ4v) is 2.49. The smallest absolute Gasteiger partial charge is 0.133 e. The molecule has 0 aromatic rings. The average molecular weight is 215 g/mol. The number of likely N-dealkylation sites (tertiary alicyclic amines) is 1. The van der Waals surface area contributed by atoms with Gasteiger partial charge in [0.25, 0.3) is 0 Å². The Bertz CT molecular complexity index is 232. The molecule has 88 valence electrons. The number of alkyl halides is 1. The number of hydrogen-bond acceptors (Lipinski definition) is 2. The normalized spacial score (nSPS) is 35.8. The van der Waals surface area contributed by atoms with Gasteiger partial charge in [-0.05, 0) is 40.5 Å². The van der Waals surface area contributed by atoms with Gasteiger partial charge in [0.2, 0.25) is 0 Å². The second kappa shape index (κ2) is 3.42. The molecular formula is C12H22FNO. The predicted molar refractivity (Wildman–Crippen MR) is 58.7 cm³/mol. The topological polar surface area (TPSA) is 12.5 Å². The minimum absolute atomic E-state index is 0.0425. The lowest BCUT2D eigenvalue weighted by molar-refractivity contribution is -0.148. The minimum atomic E-state index is -0.935. The van der Waals surface area contributed by atoms with E-state index in [4.69, 9.17) is 4.74 Å². The lowest BCUT2D eigenvalue weighted by atomic mass is 9.83. The van der Waals surface area contributed by atoms with Crippen molar-refractivity contribution in [2.75, 3.05) is 13.1 Å². The Morgan fingerprint density at radius 1 is 1.27 bits per heavy atom.